The maximum Gasteiger partial charge on any atom is 0.261 e. The van der Waals surface area contributed by atoms with E-state index in [2.05, 4.69) is 32.9 Å². The van der Waals surface area contributed by atoms with Gasteiger partial charge in [0.2, 0.25) is 0 Å². The van der Waals surface area contributed by atoms with Crippen LogP contribution in [0.25, 0.3) is 10.9 Å². The topological polar surface area (TPSA) is 51.2 Å². The second kappa shape index (κ2) is 8.01. The van der Waals surface area contributed by atoms with Crippen molar-refractivity contribution in [3.8, 4) is 5.75 Å². The third-order valence-corrected chi connectivity index (χ3v) is 4.84. The fourth-order valence-electron chi connectivity index (χ4n) is 2.42. The highest BCUT2D eigenvalue weighted by atomic mass is 127. The molecule has 1 N–H and O–H groups in total. The van der Waals surface area contributed by atoms with Crippen LogP contribution in [0.15, 0.2) is 54.7 Å². The summed E-state index contributed by atoms with van der Waals surface area (Å²) in [5.74, 6) is 0.390. The van der Waals surface area contributed by atoms with Gasteiger partial charge in [-0.05, 0) is 53.3 Å². The van der Waals surface area contributed by atoms with E-state index in [0.717, 1.165) is 14.5 Å². The highest BCUT2D eigenvalue weighted by Gasteiger charge is 2.19. The zero-order valence-electron chi connectivity index (χ0n) is 13.5. The first-order valence-electron chi connectivity index (χ1n) is 7.77. The molecule has 0 aliphatic rings. The van der Waals surface area contributed by atoms with Crippen molar-refractivity contribution in [2.75, 3.05) is 0 Å². The van der Waals surface area contributed by atoms with E-state index >= 15 is 0 Å². The number of rotatable bonds is 5. The Morgan fingerprint density at radius 1 is 1.28 bits per heavy atom. The van der Waals surface area contributed by atoms with Gasteiger partial charge in [-0.3, -0.25) is 9.78 Å². The molecule has 2 aromatic carbocycles. The molecule has 0 aliphatic heterocycles. The van der Waals surface area contributed by atoms with Gasteiger partial charge in [0.25, 0.3) is 5.91 Å². The van der Waals surface area contributed by atoms with E-state index in [0.29, 0.717) is 22.8 Å². The van der Waals surface area contributed by atoms with Crippen LogP contribution in [0.4, 0.5) is 0 Å². The first-order chi connectivity index (χ1) is 12.1. The summed E-state index contributed by atoms with van der Waals surface area (Å²) in [4.78, 5) is 16.7. The number of ether oxygens (including phenoxy) is 1. The fraction of sp³-hybridized carbons (Fsp3) is 0.158. The predicted octanol–water partition coefficient (Wildman–Crippen LogP) is 4.58. The minimum atomic E-state index is -0.649. The van der Waals surface area contributed by atoms with Crippen LogP contribution in [0.3, 0.4) is 0 Å². The summed E-state index contributed by atoms with van der Waals surface area (Å²) in [6, 6.07) is 15.3. The number of amides is 1. The molecule has 4 nitrogen and oxygen atoms in total. The lowest BCUT2D eigenvalue weighted by Gasteiger charge is -2.17. The molecule has 128 valence electrons. The number of benzene rings is 2. The lowest BCUT2D eigenvalue weighted by molar-refractivity contribution is -0.127. The van der Waals surface area contributed by atoms with Gasteiger partial charge in [-0.25, -0.2) is 0 Å². The molecule has 1 atom stereocenters. The van der Waals surface area contributed by atoms with Crippen molar-refractivity contribution in [2.45, 2.75) is 19.6 Å². The van der Waals surface area contributed by atoms with Crippen molar-refractivity contribution < 1.29 is 9.53 Å². The molecule has 1 heterocycles. The Kier molecular flexibility index (Phi) is 5.75. The second-order valence-electron chi connectivity index (χ2n) is 5.53. The highest BCUT2D eigenvalue weighted by Crippen LogP contribution is 2.35. The monoisotopic (exact) mass is 466 g/mol. The van der Waals surface area contributed by atoms with Crippen LogP contribution < -0.4 is 10.1 Å². The summed E-state index contributed by atoms with van der Waals surface area (Å²) >= 11 is 8.41. The van der Waals surface area contributed by atoms with Crippen LogP contribution in [0.1, 0.15) is 12.5 Å². The number of carbonyl (C=O) groups is 1. The molecule has 0 saturated heterocycles. The Labute approximate surface area is 164 Å². The molecule has 1 aromatic heterocycles. The van der Waals surface area contributed by atoms with E-state index < -0.39 is 6.10 Å². The van der Waals surface area contributed by atoms with Crippen molar-refractivity contribution in [1.82, 2.24) is 10.3 Å². The van der Waals surface area contributed by atoms with Crippen LogP contribution >= 0.6 is 34.2 Å². The van der Waals surface area contributed by atoms with Gasteiger partial charge in [-0.15, -0.1) is 0 Å². The van der Waals surface area contributed by atoms with Crippen molar-refractivity contribution >= 4 is 51.0 Å². The maximum atomic E-state index is 12.3. The molecule has 0 saturated carbocycles. The molecular formula is C19H16ClIN2O2. The number of fused-ring (bicyclic) bond motifs is 1. The lowest BCUT2D eigenvalue weighted by Crippen LogP contribution is -2.36. The number of pyridine rings is 1. The zero-order valence-corrected chi connectivity index (χ0v) is 16.4. The van der Waals surface area contributed by atoms with E-state index in [4.69, 9.17) is 16.3 Å². The smallest absolute Gasteiger partial charge is 0.261 e. The summed E-state index contributed by atoms with van der Waals surface area (Å²) < 4.78 is 6.74. The molecule has 0 fully saturated rings. The van der Waals surface area contributed by atoms with E-state index in [1.165, 1.54) is 0 Å². The molecule has 0 spiro atoms. The summed E-state index contributed by atoms with van der Waals surface area (Å²) in [6.07, 6.45) is 1.03. The molecule has 0 unspecified atom stereocenters. The Balaban J connectivity index is 1.75. The Bertz CT molecular complexity index is 903. The molecular weight excluding hydrogens is 451 g/mol. The van der Waals surface area contributed by atoms with E-state index in [1.807, 2.05) is 48.5 Å². The van der Waals surface area contributed by atoms with Crippen molar-refractivity contribution in [1.29, 1.82) is 0 Å². The number of aromatic nitrogens is 1. The molecule has 6 heteroatoms. The van der Waals surface area contributed by atoms with Crippen LogP contribution in [-0.2, 0) is 11.3 Å². The van der Waals surface area contributed by atoms with E-state index in [-0.39, 0.29) is 5.91 Å². The number of hydrogen-bond acceptors (Lipinski definition) is 3. The molecule has 3 aromatic rings. The Morgan fingerprint density at radius 3 is 2.80 bits per heavy atom. The summed E-state index contributed by atoms with van der Waals surface area (Å²) in [5.41, 5.74) is 1.69. The van der Waals surface area contributed by atoms with Crippen LogP contribution in [0.5, 0.6) is 5.75 Å². The zero-order chi connectivity index (χ0) is 17.8. The third-order valence-electron chi connectivity index (χ3n) is 3.72. The second-order valence-corrected chi connectivity index (χ2v) is 7.10. The predicted molar refractivity (Wildman–Crippen MR) is 108 cm³/mol. The van der Waals surface area contributed by atoms with Crippen molar-refractivity contribution in [3.63, 3.8) is 0 Å². The Hall–Kier alpha value is -1.86. The van der Waals surface area contributed by atoms with E-state index in [9.17, 15) is 4.79 Å². The number of nitrogens with one attached hydrogen (secondary N) is 1. The van der Waals surface area contributed by atoms with Gasteiger partial charge in [0.1, 0.15) is 5.52 Å². The summed E-state index contributed by atoms with van der Waals surface area (Å²) in [6.45, 7) is 2.18. The SMILES string of the molecule is C[C@H](Oc1c(I)cc(Cl)c2cccnc12)C(=O)NCc1ccccc1. The van der Waals surface area contributed by atoms with Crippen LogP contribution in [-0.4, -0.2) is 17.0 Å². The molecule has 0 bridgehead atoms. The first-order valence-corrected chi connectivity index (χ1v) is 9.23. The number of halogens is 2. The molecule has 1 amide bonds. The average molecular weight is 467 g/mol. The van der Waals surface area contributed by atoms with Crippen molar-refractivity contribution in [2.24, 2.45) is 0 Å². The summed E-state index contributed by atoms with van der Waals surface area (Å²) in [7, 11) is 0. The Morgan fingerprint density at radius 2 is 2.04 bits per heavy atom. The van der Waals surface area contributed by atoms with Crippen LogP contribution in [0.2, 0.25) is 5.02 Å². The number of hydrogen-bond donors (Lipinski definition) is 1. The number of nitrogens with zero attached hydrogens (tertiary/aromatic N) is 1. The van der Waals surface area contributed by atoms with Gasteiger partial charge >= 0.3 is 0 Å². The van der Waals surface area contributed by atoms with Gasteiger partial charge in [0, 0.05) is 18.1 Å². The quantitative estimate of drug-likeness (QED) is 0.560. The number of carbonyl (C=O) groups excluding carboxylic acids is 1. The molecule has 25 heavy (non-hydrogen) atoms. The summed E-state index contributed by atoms with van der Waals surface area (Å²) in [5, 5.41) is 4.30. The molecule has 0 aliphatic carbocycles. The van der Waals surface area contributed by atoms with Gasteiger partial charge in [0.15, 0.2) is 11.9 Å². The maximum absolute atomic E-state index is 12.3. The standard InChI is InChI=1S/C19H16ClIN2O2/c1-12(19(24)23-11-13-6-3-2-4-7-13)25-18-16(21)10-15(20)14-8-5-9-22-17(14)18/h2-10,12H,11H2,1H3,(H,23,24)/t12-/m0/s1. The van der Waals surface area contributed by atoms with Crippen LogP contribution in [0, 0.1) is 3.57 Å². The molecule has 3 rings (SSSR count). The average Bonchev–Trinajstić information content (AvgIpc) is 2.63. The lowest BCUT2D eigenvalue weighted by atomic mass is 10.2. The normalized spacial score (nSPS) is 12.0. The largest absolute Gasteiger partial charge is 0.477 e. The van der Waals surface area contributed by atoms with Gasteiger partial charge in [0.05, 0.1) is 8.59 Å². The van der Waals surface area contributed by atoms with Gasteiger partial charge < -0.3 is 10.1 Å². The fourth-order valence-corrected chi connectivity index (χ4v) is 3.56. The third kappa shape index (κ3) is 4.22. The first kappa shape index (κ1) is 17.9. The minimum absolute atomic E-state index is 0.182. The minimum Gasteiger partial charge on any atom is -0.477 e. The molecule has 0 radical (unpaired) electrons. The van der Waals surface area contributed by atoms with Crippen molar-refractivity contribution in [3.05, 3.63) is 68.9 Å². The van der Waals surface area contributed by atoms with E-state index in [1.54, 1.807) is 13.1 Å². The van der Waals surface area contributed by atoms with Gasteiger partial charge in [-0.1, -0.05) is 41.9 Å². The van der Waals surface area contributed by atoms with Gasteiger partial charge in [-0.2, -0.15) is 0 Å². The highest BCUT2D eigenvalue weighted by molar-refractivity contribution is 14.1.